The smallest absolute Gasteiger partial charge is 0.160 e. The van der Waals surface area contributed by atoms with Crippen molar-refractivity contribution in [3.05, 3.63) is 23.8 Å². The molecule has 0 saturated carbocycles. The van der Waals surface area contributed by atoms with Crippen LogP contribution >= 0.6 is 0 Å². The zero-order valence-corrected chi connectivity index (χ0v) is 8.51. The van der Waals surface area contributed by atoms with Crippen molar-refractivity contribution >= 4 is 0 Å². The summed E-state index contributed by atoms with van der Waals surface area (Å²) in [7, 11) is 1.49. The van der Waals surface area contributed by atoms with Gasteiger partial charge in [-0.15, -0.1) is 0 Å². The lowest BCUT2D eigenvalue weighted by Crippen LogP contribution is -2.12. The Hall–Kier alpha value is -1.26. The zero-order chi connectivity index (χ0) is 10.8. The van der Waals surface area contributed by atoms with Gasteiger partial charge in [0.05, 0.1) is 19.8 Å². The van der Waals surface area contributed by atoms with E-state index in [9.17, 15) is 10.2 Å². The fraction of sp³-hybridized carbons (Fsp3) is 0.455. The summed E-state index contributed by atoms with van der Waals surface area (Å²) in [4.78, 5) is 0. The van der Waals surface area contributed by atoms with Crippen LogP contribution < -0.4 is 4.74 Å². The molecular formula is C11H14O4. The molecular weight excluding hydrogens is 196 g/mol. The number of rotatable bonds is 2. The summed E-state index contributed by atoms with van der Waals surface area (Å²) in [5.41, 5.74) is 0.828. The Morgan fingerprint density at radius 3 is 2.87 bits per heavy atom. The number of ether oxygens (including phenoxy) is 2. The number of methoxy groups -OCH3 is 1. The van der Waals surface area contributed by atoms with Gasteiger partial charge < -0.3 is 19.7 Å². The average molecular weight is 210 g/mol. The van der Waals surface area contributed by atoms with Gasteiger partial charge in [-0.25, -0.2) is 0 Å². The molecule has 1 heterocycles. The van der Waals surface area contributed by atoms with Crippen LogP contribution in [0.5, 0.6) is 11.5 Å². The molecule has 4 heteroatoms. The van der Waals surface area contributed by atoms with Gasteiger partial charge in [0.2, 0.25) is 0 Å². The first-order chi connectivity index (χ1) is 7.22. The molecule has 0 aromatic heterocycles. The first-order valence-corrected chi connectivity index (χ1v) is 4.89. The summed E-state index contributed by atoms with van der Waals surface area (Å²) in [5, 5.41) is 19.1. The summed E-state index contributed by atoms with van der Waals surface area (Å²) in [6.07, 6.45) is -0.132. The molecule has 4 nitrogen and oxygen atoms in total. The highest BCUT2D eigenvalue weighted by molar-refractivity contribution is 5.42. The summed E-state index contributed by atoms with van der Waals surface area (Å²) in [6, 6.07) is 4.97. The molecule has 1 aromatic rings. The summed E-state index contributed by atoms with van der Waals surface area (Å²) in [5.74, 6) is 0.490. The van der Waals surface area contributed by atoms with Crippen LogP contribution in [-0.4, -0.2) is 30.0 Å². The Morgan fingerprint density at radius 2 is 2.27 bits per heavy atom. The lowest BCUT2D eigenvalue weighted by Gasteiger charge is -2.15. The molecule has 0 aliphatic carbocycles. The van der Waals surface area contributed by atoms with E-state index >= 15 is 0 Å². The van der Waals surface area contributed by atoms with Crippen LogP contribution in [0.15, 0.2) is 18.2 Å². The predicted octanol–water partition coefficient (Wildman–Crippen LogP) is 1.22. The van der Waals surface area contributed by atoms with Crippen LogP contribution in [0, 0.1) is 0 Å². The van der Waals surface area contributed by atoms with Gasteiger partial charge in [-0.05, 0) is 24.1 Å². The van der Waals surface area contributed by atoms with E-state index in [0.717, 1.165) is 5.56 Å². The van der Waals surface area contributed by atoms with Gasteiger partial charge in [0.25, 0.3) is 0 Å². The minimum atomic E-state index is -0.473. The molecule has 1 saturated heterocycles. The molecule has 2 atom stereocenters. The SMILES string of the molecule is COc1cc([C@@H]2OCC[C@H]2O)ccc1O. The van der Waals surface area contributed by atoms with Crippen molar-refractivity contribution in [2.75, 3.05) is 13.7 Å². The summed E-state index contributed by atoms with van der Waals surface area (Å²) < 4.78 is 10.4. The van der Waals surface area contributed by atoms with Gasteiger partial charge in [-0.1, -0.05) is 6.07 Å². The van der Waals surface area contributed by atoms with Crippen molar-refractivity contribution in [3.8, 4) is 11.5 Å². The van der Waals surface area contributed by atoms with Crippen LogP contribution in [0.25, 0.3) is 0 Å². The lowest BCUT2D eigenvalue weighted by atomic mass is 10.0. The fourth-order valence-corrected chi connectivity index (χ4v) is 1.77. The number of phenols is 1. The quantitative estimate of drug-likeness (QED) is 0.770. The zero-order valence-electron chi connectivity index (χ0n) is 8.51. The Bertz CT molecular complexity index is 350. The van der Waals surface area contributed by atoms with E-state index in [0.29, 0.717) is 18.8 Å². The molecule has 1 fully saturated rings. The second-order valence-corrected chi connectivity index (χ2v) is 3.58. The second-order valence-electron chi connectivity index (χ2n) is 3.58. The standard InChI is InChI=1S/C11H14O4/c1-14-10-6-7(2-3-8(10)12)11-9(13)4-5-15-11/h2-3,6,9,11-13H,4-5H2,1H3/t9-,11+/m1/s1. The van der Waals surface area contributed by atoms with Gasteiger partial charge in [-0.3, -0.25) is 0 Å². The van der Waals surface area contributed by atoms with E-state index in [1.54, 1.807) is 18.2 Å². The number of aromatic hydroxyl groups is 1. The van der Waals surface area contributed by atoms with Crippen LogP contribution in [0.2, 0.25) is 0 Å². The third kappa shape index (κ3) is 1.91. The normalized spacial score (nSPS) is 25.5. The van der Waals surface area contributed by atoms with Crippen molar-refractivity contribution in [1.29, 1.82) is 0 Å². The van der Waals surface area contributed by atoms with Gasteiger partial charge in [0, 0.05) is 0 Å². The highest BCUT2D eigenvalue weighted by atomic mass is 16.5. The van der Waals surface area contributed by atoms with Crippen molar-refractivity contribution in [2.24, 2.45) is 0 Å². The molecule has 1 aliphatic heterocycles. The van der Waals surface area contributed by atoms with Gasteiger partial charge >= 0.3 is 0 Å². The number of benzene rings is 1. The van der Waals surface area contributed by atoms with Crippen LogP contribution in [0.4, 0.5) is 0 Å². The molecule has 0 amide bonds. The minimum absolute atomic E-state index is 0.0914. The molecule has 15 heavy (non-hydrogen) atoms. The number of phenolic OH excluding ortho intramolecular Hbond substituents is 1. The Kier molecular flexibility index (Phi) is 2.79. The van der Waals surface area contributed by atoms with Gasteiger partial charge in [0.15, 0.2) is 11.5 Å². The van der Waals surface area contributed by atoms with Crippen molar-refractivity contribution in [2.45, 2.75) is 18.6 Å². The van der Waals surface area contributed by atoms with E-state index in [4.69, 9.17) is 9.47 Å². The van der Waals surface area contributed by atoms with Crippen molar-refractivity contribution in [1.82, 2.24) is 0 Å². The minimum Gasteiger partial charge on any atom is -0.504 e. The maximum atomic E-state index is 9.65. The second kappa shape index (κ2) is 4.08. The van der Waals surface area contributed by atoms with Crippen LogP contribution in [0.1, 0.15) is 18.1 Å². The molecule has 82 valence electrons. The van der Waals surface area contributed by atoms with Crippen LogP contribution in [-0.2, 0) is 4.74 Å². The molecule has 2 N–H and O–H groups in total. The van der Waals surface area contributed by atoms with Gasteiger partial charge in [-0.2, -0.15) is 0 Å². The highest BCUT2D eigenvalue weighted by Gasteiger charge is 2.28. The fourth-order valence-electron chi connectivity index (χ4n) is 1.77. The Balaban J connectivity index is 2.28. The summed E-state index contributed by atoms with van der Waals surface area (Å²) in [6.45, 7) is 0.565. The summed E-state index contributed by atoms with van der Waals surface area (Å²) >= 11 is 0. The molecule has 0 spiro atoms. The van der Waals surface area contributed by atoms with Crippen molar-refractivity contribution < 1.29 is 19.7 Å². The predicted molar refractivity (Wildman–Crippen MR) is 54.0 cm³/mol. The lowest BCUT2D eigenvalue weighted by molar-refractivity contribution is 0.0416. The van der Waals surface area contributed by atoms with E-state index in [2.05, 4.69) is 0 Å². The molecule has 0 unspecified atom stereocenters. The van der Waals surface area contributed by atoms with E-state index < -0.39 is 6.10 Å². The third-order valence-corrected chi connectivity index (χ3v) is 2.59. The first kappa shape index (κ1) is 10.3. The third-order valence-electron chi connectivity index (χ3n) is 2.59. The average Bonchev–Trinajstić information content (AvgIpc) is 2.65. The Morgan fingerprint density at radius 1 is 1.47 bits per heavy atom. The number of aliphatic hydroxyl groups excluding tert-OH is 1. The molecule has 1 aliphatic rings. The van der Waals surface area contributed by atoms with Gasteiger partial charge in [0.1, 0.15) is 6.10 Å². The molecule has 0 bridgehead atoms. The largest absolute Gasteiger partial charge is 0.504 e. The van der Waals surface area contributed by atoms with E-state index in [-0.39, 0.29) is 11.9 Å². The van der Waals surface area contributed by atoms with Crippen LogP contribution in [0.3, 0.4) is 0 Å². The molecule has 2 rings (SSSR count). The van der Waals surface area contributed by atoms with Crippen molar-refractivity contribution in [3.63, 3.8) is 0 Å². The Labute approximate surface area is 88.1 Å². The number of hydrogen-bond donors (Lipinski definition) is 2. The highest BCUT2D eigenvalue weighted by Crippen LogP contribution is 2.34. The maximum absolute atomic E-state index is 9.65. The number of hydrogen-bond acceptors (Lipinski definition) is 4. The molecule has 1 aromatic carbocycles. The number of aliphatic hydroxyl groups is 1. The molecule has 0 radical (unpaired) electrons. The van der Waals surface area contributed by atoms with E-state index in [1.165, 1.54) is 7.11 Å². The monoisotopic (exact) mass is 210 g/mol. The topological polar surface area (TPSA) is 58.9 Å². The maximum Gasteiger partial charge on any atom is 0.160 e. The first-order valence-electron chi connectivity index (χ1n) is 4.89. The van der Waals surface area contributed by atoms with E-state index in [1.807, 2.05) is 0 Å².